The maximum absolute atomic E-state index is 11.8. The molecular weight excluding hydrogens is 467 g/mol. The summed E-state index contributed by atoms with van der Waals surface area (Å²) in [5, 5.41) is 6.40. The summed E-state index contributed by atoms with van der Waals surface area (Å²) in [6, 6.07) is 8.06. The number of hydrogen-bond donors (Lipinski definition) is 2. The van der Waals surface area contributed by atoms with E-state index in [9.17, 15) is 8.42 Å². The molecule has 1 unspecified atom stereocenters. The van der Waals surface area contributed by atoms with Crippen LogP contribution in [0.2, 0.25) is 0 Å². The summed E-state index contributed by atoms with van der Waals surface area (Å²) < 4.78 is 31.1. The highest BCUT2D eigenvalue weighted by Crippen LogP contribution is 2.28. The molecule has 1 aromatic carbocycles. The standard InChI is InChI=1S/C17H26N4O3S.HI/c1-2-18-17(19-8-10-21-9-5-11-25(21,22)23)20-13-15-12-14-6-3-4-7-16(14)24-15;/h3-4,6-7,15H,2,5,8-13H2,1H3,(H2,18,19,20);1H. The van der Waals surface area contributed by atoms with Crippen LogP contribution in [0, 0.1) is 0 Å². The van der Waals surface area contributed by atoms with E-state index in [2.05, 4.69) is 21.7 Å². The van der Waals surface area contributed by atoms with Crippen molar-refractivity contribution in [1.82, 2.24) is 14.9 Å². The van der Waals surface area contributed by atoms with Gasteiger partial charge in [-0.3, -0.25) is 0 Å². The number of nitrogens with zero attached hydrogens (tertiary/aromatic N) is 2. The van der Waals surface area contributed by atoms with Crippen molar-refractivity contribution in [3.8, 4) is 5.75 Å². The van der Waals surface area contributed by atoms with Crippen molar-refractivity contribution < 1.29 is 13.2 Å². The van der Waals surface area contributed by atoms with Crippen molar-refractivity contribution >= 4 is 40.0 Å². The van der Waals surface area contributed by atoms with Crippen LogP contribution in [-0.4, -0.2) is 63.3 Å². The predicted octanol–water partition coefficient (Wildman–Crippen LogP) is 1.20. The number of aliphatic imine (C=N–C) groups is 1. The van der Waals surface area contributed by atoms with E-state index >= 15 is 0 Å². The van der Waals surface area contributed by atoms with Crippen molar-refractivity contribution in [2.24, 2.45) is 4.99 Å². The van der Waals surface area contributed by atoms with Crippen LogP contribution < -0.4 is 15.4 Å². The summed E-state index contributed by atoms with van der Waals surface area (Å²) in [4.78, 5) is 4.58. The van der Waals surface area contributed by atoms with E-state index in [-0.39, 0.29) is 35.8 Å². The van der Waals surface area contributed by atoms with Gasteiger partial charge in [-0.15, -0.1) is 24.0 Å². The summed E-state index contributed by atoms with van der Waals surface area (Å²) >= 11 is 0. The maximum atomic E-state index is 11.8. The number of nitrogens with one attached hydrogen (secondary N) is 2. The molecule has 1 atom stereocenters. The Morgan fingerprint density at radius 2 is 2.15 bits per heavy atom. The molecule has 0 aliphatic carbocycles. The topological polar surface area (TPSA) is 83.0 Å². The molecule has 0 bridgehead atoms. The van der Waals surface area contributed by atoms with Crippen molar-refractivity contribution in [3.63, 3.8) is 0 Å². The summed E-state index contributed by atoms with van der Waals surface area (Å²) in [5.74, 6) is 1.90. The lowest BCUT2D eigenvalue weighted by molar-refractivity contribution is 0.241. The first-order chi connectivity index (χ1) is 12.1. The largest absolute Gasteiger partial charge is 0.488 e. The molecule has 0 radical (unpaired) electrons. The Kier molecular flexibility index (Phi) is 7.96. The van der Waals surface area contributed by atoms with Crippen LogP contribution in [0.15, 0.2) is 29.3 Å². The van der Waals surface area contributed by atoms with Crippen LogP contribution >= 0.6 is 24.0 Å². The first kappa shape index (κ1) is 21.2. The third kappa shape index (κ3) is 5.46. The molecule has 2 aliphatic heterocycles. The second-order valence-corrected chi connectivity index (χ2v) is 8.36. The Morgan fingerprint density at radius 3 is 2.85 bits per heavy atom. The summed E-state index contributed by atoms with van der Waals surface area (Å²) in [6.07, 6.45) is 1.63. The molecule has 0 spiro atoms. The van der Waals surface area contributed by atoms with Crippen LogP contribution in [0.4, 0.5) is 0 Å². The van der Waals surface area contributed by atoms with Crippen LogP contribution in [0.25, 0.3) is 0 Å². The zero-order valence-corrected chi connectivity index (χ0v) is 18.1. The number of sulfonamides is 1. The minimum atomic E-state index is -3.04. The van der Waals surface area contributed by atoms with E-state index in [1.807, 2.05) is 25.1 Å². The second kappa shape index (κ2) is 9.75. The van der Waals surface area contributed by atoms with E-state index in [1.165, 1.54) is 5.56 Å². The van der Waals surface area contributed by atoms with Crippen molar-refractivity contribution in [3.05, 3.63) is 29.8 Å². The quantitative estimate of drug-likeness (QED) is 0.353. The van der Waals surface area contributed by atoms with E-state index in [0.717, 1.165) is 25.1 Å². The number of hydrogen-bond acceptors (Lipinski definition) is 4. The van der Waals surface area contributed by atoms with Gasteiger partial charge in [-0.25, -0.2) is 17.7 Å². The van der Waals surface area contributed by atoms with Crippen LogP contribution in [0.1, 0.15) is 18.9 Å². The maximum Gasteiger partial charge on any atom is 0.214 e. The number of rotatable bonds is 6. The second-order valence-electron chi connectivity index (χ2n) is 6.27. The zero-order chi connectivity index (χ0) is 17.7. The van der Waals surface area contributed by atoms with Gasteiger partial charge >= 0.3 is 0 Å². The molecule has 3 rings (SSSR count). The van der Waals surface area contributed by atoms with Crippen molar-refractivity contribution in [2.75, 3.05) is 38.5 Å². The highest BCUT2D eigenvalue weighted by molar-refractivity contribution is 14.0. The Hall–Kier alpha value is -1.07. The van der Waals surface area contributed by atoms with Gasteiger partial charge in [0, 0.05) is 32.6 Å². The molecule has 0 saturated carbocycles. The van der Waals surface area contributed by atoms with Gasteiger partial charge in [0.1, 0.15) is 11.9 Å². The monoisotopic (exact) mass is 494 g/mol. The van der Waals surface area contributed by atoms with E-state index in [0.29, 0.717) is 32.1 Å². The molecule has 0 aromatic heterocycles. The Balaban J connectivity index is 0.00000243. The first-order valence-corrected chi connectivity index (χ1v) is 10.4. The van der Waals surface area contributed by atoms with E-state index < -0.39 is 10.0 Å². The summed E-state index contributed by atoms with van der Waals surface area (Å²) in [7, 11) is -3.04. The molecule has 1 aromatic rings. The van der Waals surface area contributed by atoms with Crippen LogP contribution in [0.3, 0.4) is 0 Å². The van der Waals surface area contributed by atoms with Gasteiger partial charge in [-0.1, -0.05) is 18.2 Å². The number of benzene rings is 1. The minimum absolute atomic E-state index is 0. The molecule has 1 fully saturated rings. The smallest absolute Gasteiger partial charge is 0.214 e. The number of para-hydroxylation sites is 1. The first-order valence-electron chi connectivity index (χ1n) is 8.83. The summed E-state index contributed by atoms with van der Waals surface area (Å²) in [6.45, 7) is 4.94. The minimum Gasteiger partial charge on any atom is -0.488 e. The van der Waals surface area contributed by atoms with E-state index in [1.54, 1.807) is 4.31 Å². The SMILES string of the molecule is CCNC(=NCC1Cc2ccccc2O1)NCCN1CCCS1(=O)=O.I. The lowest BCUT2D eigenvalue weighted by Crippen LogP contribution is -2.42. The third-order valence-corrected chi connectivity index (χ3v) is 6.32. The molecule has 2 N–H and O–H groups in total. The lowest BCUT2D eigenvalue weighted by Gasteiger charge is -2.17. The number of fused-ring (bicyclic) bond motifs is 1. The zero-order valence-electron chi connectivity index (χ0n) is 15.0. The molecule has 2 aliphatic rings. The Labute approximate surface area is 172 Å². The van der Waals surface area contributed by atoms with Gasteiger partial charge in [0.05, 0.1) is 12.3 Å². The van der Waals surface area contributed by atoms with Gasteiger partial charge < -0.3 is 15.4 Å². The molecule has 9 heteroatoms. The Bertz CT molecular complexity index is 701. The molecular formula is C17H27IN4O3S. The van der Waals surface area contributed by atoms with Crippen molar-refractivity contribution in [2.45, 2.75) is 25.9 Å². The normalized spacial score (nSPS) is 21.6. The molecule has 1 saturated heterocycles. The van der Waals surface area contributed by atoms with Crippen LogP contribution in [0.5, 0.6) is 5.75 Å². The average molecular weight is 494 g/mol. The third-order valence-electron chi connectivity index (χ3n) is 4.37. The predicted molar refractivity (Wildman–Crippen MR) is 114 cm³/mol. The fourth-order valence-corrected chi connectivity index (χ4v) is 4.66. The molecule has 26 heavy (non-hydrogen) atoms. The number of ether oxygens (including phenoxy) is 1. The molecule has 0 amide bonds. The molecule has 146 valence electrons. The summed E-state index contributed by atoms with van der Waals surface area (Å²) in [5.41, 5.74) is 1.22. The van der Waals surface area contributed by atoms with E-state index in [4.69, 9.17) is 4.74 Å². The molecule has 7 nitrogen and oxygen atoms in total. The van der Waals surface area contributed by atoms with Gasteiger partial charge in [0.25, 0.3) is 0 Å². The fraction of sp³-hybridized carbons (Fsp3) is 0.588. The number of guanidine groups is 1. The van der Waals surface area contributed by atoms with Gasteiger partial charge in [-0.2, -0.15) is 0 Å². The van der Waals surface area contributed by atoms with Gasteiger partial charge in [0.2, 0.25) is 10.0 Å². The number of halogens is 1. The highest BCUT2D eigenvalue weighted by atomic mass is 127. The van der Waals surface area contributed by atoms with Crippen molar-refractivity contribution in [1.29, 1.82) is 0 Å². The Morgan fingerprint density at radius 1 is 1.35 bits per heavy atom. The highest BCUT2D eigenvalue weighted by Gasteiger charge is 2.27. The van der Waals surface area contributed by atoms with Gasteiger partial charge in [-0.05, 0) is 25.0 Å². The average Bonchev–Trinajstić information content (AvgIpc) is 3.15. The van der Waals surface area contributed by atoms with Crippen LogP contribution in [-0.2, 0) is 16.4 Å². The lowest BCUT2D eigenvalue weighted by atomic mass is 10.1. The fourth-order valence-electron chi connectivity index (χ4n) is 3.13. The van der Waals surface area contributed by atoms with Gasteiger partial charge in [0.15, 0.2) is 5.96 Å². The molecule has 2 heterocycles.